The Bertz CT molecular complexity index is 1260. The molecule has 2 N–H and O–H groups in total. The van der Waals surface area contributed by atoms with Crippen LogP contribution in [-0.2, 0) is 13.1 Å². The van der Waals surface area contributed by atoms with Gasteiger partial charge in [-0.1, -0.05) is 24.3 Å². The van der Waals surface area contributed by atoms with Gasteiger partial charge in [-0.25, -0.2) is 0 Å². The maximum Gasteiger partial charge on any atom is 0.253 e. The number of H-pyrrole nitrogens is 1. The van der Waals surface area contributed by atoms with Gasteiger partial charge in [0.25, 0.3) is 5.56 Å². The topological polar surface area (TPSA) is 70.2 Å². The molecule has 4 aromatic rings. The predicted octanol–water partition coefficient (Wildman–Crippen LogP) is 4.72. The number of fused-ring (bicyclic) bond motifs is 1. The Morgan fingerprint density at radius 3 is 2.69 bits per heavy atom. The van der Waals surface area contributed by atoms with Crippen LogP contribution in [0.15, 0.2) is 83.9 Å². The molecule has 0 bridgehead atoms. The van der Waals surface area contributed by atoms with Gasteiger partial charge in [-0.3, -0.25) is 9.78 Å². The van der Waals surface area contributed by atoms with Crippen LogP contribution in [0.4, 0.5) is 5.69 Å². The third-order valence-electron chi connectivity index (χ3n) is 4.97. The van der Waals surface area contributed by atoms with Crippen molar-refractivity contribution in [2.24, 2.45) is 0 Å². The molecule has 0 aliphatic heterocycles. The number of hydrogen-bond acceptors (Lipinski definition) is 4. The summed E-state index contributed by atoms with van der Waals surface area (Å²) in [5.74, 6) is 0.770. The van der Waals surface area contributed by atoms with Crippen molar-refractivity contribution < 1.29 is 4.74 Å². The van der Waals surface area contributed by atoms with Gasteiger partial charge in [-0.15, -0.1) is 0 Å². The van der Waals surface area contributed by atoms with Crippen molar-refractivity contribution in [3.05, 3.63) is 101 Å². The Morgan fingerprint density at radius 2 is 1.94 bits per heavy atom. The minimum atomic E-state index is -0.139. The quantitative estimate of drug-likeness (QED) is 0.402. The van der Waals surface area contributed by atoms with Crippen LogP contribution >= 0.6 is 12.2 Å². The predicted molar refractivity (Wildman–Crippen MR) is 132 cm³/mol. The van der Waals surface area contributed by atoms with Gasteiger partial charge in [0, 0.05) is 41.1 Å². The minimum absolute atomic E-state index is 0.139. The fourth-order valence-electron chi connectivity index (χ4n) is 3.45. The molecule has 0 fully saturated rings. The number of nitrogens with one attached hydrogen (secondary N) is 2. The Labute approximate surface area is 191 Å². The van der Waals surface area contributed by atoms with Gasteiger partial charge >= 0.3 is 0 Å². The van der Waals surface area contributed by atoms with Gasteiger partial charge < -0.3 is 19.9 Å². The lowest BCUT2D eigenvalue weighted by Crippen LogP contribution is -2.35. The number of thiocarbonyl (C=S) groups is 1. The van der Waals surface area contributed by atoms with E-state index in [1.807, 2.05) is 78.6 Å². The van der Waals surface area contributed by atoms with E-state index in [9.17, 15) is 4.79 Å². The number of benzene rings is 2. The van der Waals surface area contributed by atoms with Crippen molar-refractivity contribution in [2.75, 3.05) is 11.9 Å². The molecule has 162 valence electrons. The maximum absolute atomic E-state index is 12.8. The van der Waals surface area contributed by atoms with E-state index in [1.54, 1.807) is 12.4 Å². The number of ether oxygens (including phenoxy) is 1. The van der Waals surface area contributed by atoms with E-state index in [-0.39, 0.29) is 5.56 Å². The summed E-state index contributed by atoms with van der Waals surface area (Å²) in [5, 5.41) is 4.71. The number of aromatic nitrogens is 2. The minimum Gasteiger partial charge on any atom is -0.494 e. The summed E-state index contributed by atoms with van der Waals surface area (Å²) in [7, 11) is 0. The molecule has 32 heavy (non-hydrogen) atoms. The first kappa shape index (κ1) is 21.5. The molecule has 6 nitrogen and oxygen atoms in total. The Kier molecular flexibility index (Phi) is 6.77. The van der Waals surface area contributed by atoms with Crippen molar-refractivity contribution >= 4 is 33.9 Å². The molecular formula is C25H24N4O2S. The second kappa shape index (κ2) is 10.1. The van der Waals surface area contributed by atoms with Crippen LogP contribution in [0.25, 0.3) is 10.9 Å². The largest absolute Gasteiger partial charge is 0.494 e. The summed E-state index contributed by atoms with van der Waals surface area (Å²) in [6.07, 6.45) is 3.54. The van der Waals surface area contributed by atoms with E-state index in [1.165, 1.54) is 0 Å². The lowest BCUT2D eigenvalue weighted by Gasteiger charge is -2.26. The zero-order valence-corrected chi connectivity index (χ0v) is 18.6. The molecule has 0 saturated heterocycles. The monoisotopic (exact) mass is 444 g/mol. The average Bonchev–Trinajstić information content (AvgIpc) is 2.81. The summed E-state index contributed by atoms with van der Waals surface area (Å²) in [6, 6.07) is 21.2. The van der Waals surface area contributed by atoms with Gasteiger partial charge in [-0.2, -0.15) is 0 Å². The molecule has 0 aliphatic rings. The van der Waals surface area contributed by atoms with E-state index in [2.05, 4.69) is 15.3 Å². The fourth-order valence-corrected chi connectivity index (χ4v) is 3.69. The van der Waals surface area contributed by atoms with Crippen LogP contribution in [0.1, 0.15) is 18.1 Å². The van der Waals surface area contributed by atoms with Crippen LogP contribution in [0.3, 0.4) is 0 Å². The molecule has 0 amide bonds. The average molecular weight is 445 g/mol. The molecule has 4 rings (SSSR count). The third-order valence-corrected chi connectivity index (χ3v) is 5.33. The molecule has 0 unspecified atom stereocenters. The zero-order chi connectivity index (χ0) is 22.3. The normalized spacial score (nSPS) is 10.7. The molecule has 0 saturated carbocycles. The van der Waals surface area contributed by atoms with Crippen molar-refractivity contribution in [1.82, 2.24) is 14.9 Å². The smallest absolute Gasteiger partial charge is 0.253 e. The highest BCUT2D eigenvalue weighted by atomic mass is 32.1. The van der Waals surface area contributed by atoms with Crippen molar-refractivity contribution in [2.45, 2.75) is 20.0 Å². The SMILES string of the molecule is CCOc1ccc2[nH]c(=O)c(CN(Cc3cccnc3)C(=S)Nc3ccccc3)cc2c1. The summed E-state index contributed by atoms with van der Waals surface area (Å²) in [6.45, 7) is 3.39. The number of pyridine rings is 2. The molecule has 0 radical (unpaired) electrons. The van der Waals surface area contributed by atoms with Gasteiger partial charge in [0.05, 0.1) is 13.2 Å². The number of aromatic amines is 1. The summed E-state index contributed by atoms with van der Waals surface area (Å²) < 4.78 is 5.61. The van der Waals surface area contributed by atoms with Crippen molar-refractivity contribution in [3.63, 3.8) is 0 Å². The summed E-state index contributed by atoms with van der Waals surface area (Å²) >= 11 is 5.71. The van der Waals surface area contributed by atoms with Gasteiger partial charge in [0.2, 0.25) is 0 Å². The highest BCUT2D eigenvalue weighted by Crippen LogP contribution is 2.20. The maximum atomic E-state index is 12.8. The molecule has 2 heterocycles. The molecule has 7 heteroatoms. The number of hydrogen-bond donors (Lipinski definition) is 2. The molecule has 0 atom stereocenters. The standard InChI is InChI=1S/C25H24N4O2S/c1-2-31-22-10-11-23-19(14-22)13-20(24(30)28-23)17-29(16-18-7-6-12-26-15-18)25(32)27-21-8-4-3-5-9-21/h3-15H,2,16-17H2,1H3,(H,27,32)(H,28,30). The van der Waals surface area contributed by atoms with Crippen molar-refractivity contribution in [1.29, 1.82) is 0 Å². The first-order chi connectivity index (χ1) is 15.6. The van der Waals surface area contributed by atoms with Gasteiger partial charge in [-0.05, 0) is 67.2 Å². The number of anilines is 1. The van der Waals surface area contributed by atoms with Gasteiger partial charge in [0.1, 0.15) is 5.75 Å². The van der Waals surface area contributed by atoms with Crippen LogP contribution in [0.5, 0.6) is 5.75 Å². The Balaban J connectivity index is 1.64. The Hall–Kier alpha value is -3.71. The molecule has 2 aromatic heterocycles. The van der Waals surface area contributed by atoms with Crippen LogP contribution < -0.4 is 15.6 Å². The lowest BCUT2D eigenvalue weighted by molar-refractivity contribution is 0.340. The van der Waals surface area contributed by atoms with Crippen LogP contribution in [0.2, 0.25) is 0 Å². The highest BCUT2D eigenvalue weighted by Gasteiger charge is 2.15. The van der Waals surface area contributed by atoms with E-state index in [0.717, 1.165) is 27.9 Å². The van der Waals surface area contributed by atoms with Crippen LogP contribution in [0, 0.1) is 0 Å². The highest BCUT2D eigenvalue weighted by molar-refractivity contribution is 7.80. The summed E-state index contributed by atoms with van der Waals surface area (Å²) in [5.41, 5.74) is 3.14. The number of nitrogens with zero attached hydrogens (tertiary/aromatic N) is 2. The molecule has 0 spiro atoms. The lowest BCUT2D eigenvalue weighted by atomic mass is 10.1. The Morgan fingerprint density at radius 1 is 1.09 bits per heavy atom. The molecule has 2 aromatic carbocycles. The third kappa shape index (κ3) is 5.31. The molecule has 0 aliphatic carbocycles. The number of rotatable bonds is 7. The van der Waals surface area contributed by atoms with E-state index < -0.39 is 0 Å². The zero-order valence-electron chi connectivity index (χ0n) is 17.7. The first-order valence-electron chi connectivity index (χ1n) is 10.4. The summed E-state index contributed by atoms with van der Waals surface area (Å²) in [4.78, 5) is 22.0. The second-order valence-electron chi connectivity index (χ2n) is 7.32. The molecular weight excluding hydrogens is 420 g/mol. The number of para-hydroxylation sites is 1. The van der Waals surface area contributed by atoms with E-state index in [0.29, 0.717) is 30.4 Å². The van der Waals surface area contributed by atoms with E-state index >= 15 is 0 Å². The second-order valence-corrected chi connectivity index (χ2v) is 7.71. The van der Waals surface area contributed by atoms with Crippen molar-refractivity contribution in [3.8, 4) is 5.75 Å². The fraction of sp³-hybridized carbons (Fsp3) is 0.160. The van der Waals surface area contributed by atoms with Gasteiger partial charge in [0.15, 0.2) is 5.11 Å². The van der Waals surface area contributed by atoms with E-state index in [4.69, 9.17) is 17.0 Å². The van der Waals surface area contributed by atoms with Crippen LogP contribution in [-0.4, -0.2) is 26.6 Å². The first-order valence-corrected chi connectivity index (χ1v) is 10.8.